The Balaban J connectivity index is 2.11. The molecule has 3 atom stereocenters. The molecule has 3 amide bonds. The second-order valence-corrected chi connectivity index (χ2v) is 11.1. The van der Waals surface area contributed by atoms with E-state index in [1.54, 1.807) is 24.3 Å². The monoisotopic (exact) mass is 509 g/mol. The Labute approximate surface area is 219 Å². The maximum absolute atomic E-state index is 13.5. The summed E-state index contributed by atoms with van der Waals surface area (Å²) in [5.41, 5.74) is 3.82. The number of aliphatic hydroxyl groups is 1. The van der Waals surface area contributed by atoms with Gasteiger partial charge in [-0.3, -0.25) is 15.0 Å². The molecule has 2 aromatic rings. The summed E-state index contributed by atoms with van der Waals surface area (Å²) in [5, 5.41) is 15.8. The number of aliphatic hydroxyl groups excluding tert-OH is 1. The molecule has 1 aliphatic rings. The van der Waals surface area contributed by atoms with Crippen molar-refractivity contribution in [1.82, 2.24) is 15.8 Å². The van der Waals surface area contributed by atoms with Crippen LogP contribution in [-0.4, -0.2) is 45.7 Å². The minimum atomic E-state index is -1.29. The van der Waals surface area contributed by atoms with Gasteiger partial charge in [0.25, 0.3) is 5.91 Å². The van der Waals surface area contributed by atoms with Crippen LogP contribution in [0.4, 0.5) is 4.79 Å². The van der Waals surface area contributed by atoms with E-state index in [2.05, 4.69) is 10.7 Å². The zero-order valence-electron chi connectivity index (χ0n) is 22.4. The summed E-state index contributed by atoms with van der Waals surface area (Å²) in [5.74, 6) is -1.77. The predicted molar refractivity (Wildman–Crippen MR) is 141 cm³/mol. The van der Waals surface area contributed by atoms with E-state index in [4.69, 9.17) is 4.74 Å². The zero-order chi connectivity index (χ0) is 27.2. The number of hydrogen-bond donors (Lipinski definition) is 3. The van der Waals surface area contributed by atoms with Gasteiger partial charge >= 0.3 is 12.0 Å². The summed E-state index contributed by atoms with van der Waals surface area (Å²) in [7, 11) is 0. The number of cyclic esters (lactones) is 1. The highest BCUT2D eigenvalue weighted by Gasteiger charge is 2.41. The van der Waals surface area contributed by atoms with E-state index in [1.165, 1.54) is 5.01 Å². The molecule has 1 aliphatic heterocycles. The van der Waals surface area contributed by atoms with Crippen molar-refractivity contribution in [2.24, 2.45) is 11.8 Å². The quantitative estimate of drug-likeness (QED) is 0.523. The average molecular weight is 510 g/mol. The number of amides is 3. The third-order valence-corrected chi connectivity index (χ3v) is 6.33. The van der Waals surface area contributed by atoms with Gasteiger partial charge in [0.15, 0.2) is 0 Å². The van der Waals surface area contributed by atoms with Crippen molar-refractivity contribution in [2.75, 3.05) is 0 Å². The molecular weight excluding hydrogens is 470 g/mol. The van der Waals surface area contributed by atoms with Gasteiger partial charge in [-0.25, -0.2) is 9.80 Å². The lowest BCUT2D eigenvalue weighted by atomic mass is 9.86. The SMILES string of the molecule is CC(C)CCC1[C@H](O)[C@H](Cc2ccccc2)C(=O)OCc2ccccc2C(=O)NN1C(=O)NC(C)(C)C. The normalized spacial score (nSPS) is 20.9. The van der Waals surface area contributed by atoms with Crippen molar-refractivity contribution in [3.63, 3.8) is 0 Å². The number of ether oxygens (including phenoxy) is 1. The molecule has 1 unspecified atom stereocenters. The van der Waals surface area contributed by atoms with Gasteiger partial charge in [-0.15, -0.1) is 0 Å². The average Bonchev–Trinajstić information content (AvgIpc) is 2.85. The smallest absolute Gasteiger partial charge is 0.336 e. The molecule has 0 saturated heterocycles. The largest absolute Gasteiger partial charge is 0.460 e. The number of fused-ring (bicyclic) bond motifs is 1. The van der Waals surface area contributed by atoms with Gasteiger partial charge in [-0.2, -0.15) is 0 Å². The number of rotatable bonds is 5. The highest BCUT2D eigenvalue weighted by molar-refractivity contribution is 5.96. The van der Waals surface area contributed by atoms with Crippen LogP contribution in [0.15, 0.2) is 54.6 Å². The third kappa shape index (κ3) is 7.79. The third-order valence-electron chi connectivity index (χ3n) is 6.33. The molecule has 2 aromatic carbocycles. The number of benzene rings is 2. The van der Waals surface area contributed by atoms with Crippen molar-refractivity contribution in [2.45, 2.75) is 78.2 Å². The first kappa shape index (κ1) is 28.2. The number of nitrogens with one attached hydrogen (secondary N) is 2. The van der Waals surface area contributed by atoms with E-state index in [1.807, 2.05) is 65.0 Å². The van der Waals surface area contributed by atoms with Crippen LogP contribution < -0.4 is 10.7 Å². The van der Waals surface area contributed by atoms with Gasteiger partial charge in [-0.05, 0) is 57.6 Å². The molecule has 3 N–H and O–H groups in total. The molecule has 37 heavy (non-hydrogen) atoms. The van der Waals surface area contributed by atoms with Crippen LogP contribution in [0.2, 0.25) is 0 Å². The molecule has 8 heteroatoms. The van der Waals surface area contributed by atoms with Crippen LogP contribution in [0.3, 0.4) is 0 Å². The molecule has 0 aromatic heterocycles. The summed E-state index contributed by atoms with van der Waals surface area (Å²) < 4.78 is 5.66. The molecule has 0 radical (unpaired) electrons. The van der Waals surface area contributed by atoms with E-state index in [-0.39, 0.29) is 18.9 Å². The first-order valence-corrected chi connectivity index (χ1v) is 12.8. The van der Waals surface area contributed by atoms with Crippen LogP contribution in [0.1, 0.15) is 68.9 Å². The van der Waals surface area contributed by atoms with Crippen LogP contribution in [-0.2, 0) is 22.6 Å². The maximum Gasteiger partial charge on any atom is 0.336 e. The summed E-state index contributed by atoms with van der Waals surface area (Å²) >= 11 is 0. The molecule has 200 valence electrons. The molecule has 0 saturated carbocycles. The van der Waals surface area contributed by atoms with Gasteiger partial charge in [0, 0.05) is 16.7 Å². The molecule has 0 spiro atoms. The Bertz CT molecular complexity index is 1080. The standard InChI is InChI=1S/C29H39N3O5/c1-19(2)15-16-24-25(33)23(17-20-11-7-6-8-12-20)27(35)37-18-21-13-9-10-14-22(21)26(34)31-32(24)28(36)30-29(3,4)5/h6-14,19,23-25,33H,15-18H2,1-5H3,(H,30,36)(H,31,34)/t23-,24?,25+/m0/s1. The maximum atomic E-state index is 13.5. The van der Waals surface area contributed by atoms with E-state index >= 15 is 0 Å². The number of esters is 1. The number of carbonyl (C=O) groups is 3. The number of urea groups is 1. The first-order valence-electron chi connectivity index (χ1n) is 12.8. The van der Waals surface area contributed by atoms with Crippen LogP contribution >= 0.6 is 0 Å². The van der Waals surface area contributed by atoms with Gasteiger partial charge in [-0.1, -0.05) is 62.4 Å². The van der Waals surface area contributed by atoms with Crippen LogP contribution in [0, 0.1) is 11.8 Å². The molecule has 0 bridgehead atoms. The van der Waals surface area contributed by atoms with Gasteiger partial charge in [0.1, 0.15) is 6.61 Å². The number of hydrazine groups is 1. The summed E-state index contributed by atoms with van der Waals surface area (Å²) in [6.07, 6.45) is -0.0282. The Kier molecular flexibility index (Phi) is 9.32. The number of carbonyl (C=O) groups excluding carboxylic acids is 3. The van der Waals surface area contributed by atoms with Crippen molar-refractivity contribution in [1.29, 1.82) is 0 Å². The predicted octanol–water partition coefficient (Wildman–Crippen LogP) is 4.22. The Morgan fingerprint density at radius 2 is 1.76 bits per heavy atom. The topological polar surface area (TPSA) is 108 Å². The first-order chi connectivity index (χ1) is 17.5. The molecule has 0 fully saturated rings. The molecule has 0 aliphatic carbocycles. The van der Waals surface area contributed by atoms with Gasteiger partial charge in [0.2, 0.25) is 0 Å². The van der Waals surface area contributed by atoms with Crippen molar-refractivity contribution >= 4 is 17.9 Å². The van der Waals surface area contributed by atoms with E-state index < -0.39 is 41.5 Å². The fourth-order valence-electron chi connectivity index (χ4n) is 4.39. The number of hydrogen-bond acceptors (Lipinski definition) is 5. The molecule has 8 nitrogen and oxygen atoms in total. The fourth-order valence-corrected chi connectivity index (χ4v) is 4.39. The Morgan fingerprint density at radius 1 is 1.11 bits per heavy atom. The molecule has 1 heterocycles. The van der Waals surface area contributed by atoms with E-state index in [0.717, 1.165) is 5.56 Å². The van der Waals surface area contributed by atoms with Gasteiger partial charge < -0.3 is 15.2 Å². The van der Waals surface area contributed by atoms with Gasteiger partial charge in [0.05, 0.1) is 18.1 Å². The van der Waals surface area contributed by atoms with Crippen molar-refractivity contribution in [3.05, 3.63) is 71.3 Å². The lowest BCUT2D eigenvalue weighted by Crippen LogP contribution is -2.62. The van der Waals surface area contributed by atoms with E-state index in [0.29, 0.717) is 24.0 Å². The Morgan fingerprint density at radius 3 is 2.41 bits per heavy atom. The minimum absolute atomic E-state index is 0.120. The van der Waals surface area contributed by atoms with Crippen LogP contribution in [0.25, 0.3) is 0 Å². The van der Waals surface area contributed by atoms with Crippen LogP contribution in [0.5, 0.6) is 0 Å². The zero-order valence-corrected chi connectivity index (χ0v) is 22.4. The minimum Gasteiger partial charge on any atom is -0.460 e. The summed E-state index contributed by atoms with van der Waals surface area (Å²) in [4.78, 5) is 40.4. The highest BCUT2D eigenvalue weighted by Crippen LogP contribution is 2.26. The number of nitrogens with zero attached hydrogens (tertiary/aromatic N) is 1. The second kappa shape index (κ2) is 12.2. The van der Waals surface area contributed by atoms with Crippen molar-refractivity contribution < 1.29 is 24.2 Å². The van der Waals surface area contributed by atoms with E-state index in [9.17, 15) is 19.5 Å². The lowest BCUT2D eigenvalue weighted by molar-refractivity contribution is -0.156. The summed E-state index contributed by atoms with van der Waals surface area (Å²) in [6, 6.07) is 14.8. The molecular formula is C29H39N3O5. The fraction of sp³-hybridized carbons (Fsp3) is 0.483. The second-order valence-electron chi connectivity index (χ2n) is 11.1. The molecule has 3 rings (SSSR count). The summed E-state index contributed by atoms with van der Waals surface area (Å²) in [6.45, 7) is 9.48. The Hall–Kier alpha value is -3.39. The van der Waals surface area contributed by atoms with Crippen molar-refractivity contribution in [3.8, 4) is 0 Å². The lowest BCUT2D eigenvalue weighted by Gasteiger charge is -2.38. The highest BCUT2D eigenvalue weighted by atomic mass is 16.5.